The molecule has 9 heteroatoms. The van der Waals surface area contributed by atoms with Crippen molar-refractivity contribution >= 4 is 46.5 Å². The van der Waals surface area contributed by atoms with Gasteiger partial charge in [-0.1, -0.05) is 20.8 Å². The molecule has 180 valence electrons. The molecule has 32 heavy (non-hydrogen) atoms. The zero-order chi connectivity index (χ0) is 25.6. The van der Waals surface area contributed by atoms with E-state index in [2.05, 4.69) is 0 Å². The van der Waals surface area contributed by atoms with Crippen LogP contribution in [0.2, 0.25) is 0 Å². The first-order valence-corrected chi connectivity index (χ1v) is 10.5. The summed E-state index contributed by atoms with van der Waals surface area (Å²) in [7, 11) is 0. The summed E-state index contributed by atoms with van der Waals surface area (Å²) in [5.41, 5.74) is 0. The number of Topliss-reactive ketones (excluding diaryl/α,β-unsaturated/α-hetero) is 6. The van der Waals surface area contributed by atoms with Gasteiger partial charge in [0.05, 0.1) is 19.4 Å². The Morgan fingerprint density at radius 3 is 1.41 bits per heavy atom. The van der Waals surface area contributed by atoms with Crippen LogP contribution in [-0.4, -0.2) is 58.0 Å². The third-order valence-corrected chi connectivity index (χ3v) is 4.30. The lowest BCUT2D eigenvalue weighted by Crippen LogP contribution is -2.34. The Bertz CT molecular complexity index is 741. The molecule has 1 saturated carbocycles. The zero-order valence-electron chi connectivity index (χ0n) is 20.1. The van der Waals surface area contributed by atoms with Gasteiger partial charge < -0.3 is 4.79 Å². The summed E-state index contributed by atoms with van der Waals surface area (Å²) in [6, 6.07) is 0. The van der Waals surface area contributed by atoms with Crippen LogP contribution in [0.4, 0.5) is 0 Å². The number of carbonyl (C=O) groups is 8. The molecule has 1 aliphatic carbocycles. The van der Waals surface area contributed by atoms with Crippen molar-refractivity contribution in [1.29, 1.82) is 0 Å². The molecule has 1 aliphatic heterocycles. The molecule has 2 atom stereocenters. The molecule has 2 rings (SSSR count). The fourth-order valence-electron chi connectivity index (χ4n) is 2.48. The Morgan fingerprint density at radius 1 is 0.781 bits per heavy atom. The van der Waals surface area contributed by atoms with Gasteiger partial charge in [0.25, 0.3) is 0 Å². The van der Waals surface area contributed by atoms with Gasteiger partial charge in [-0.15, -0.1) is 0 Å². The molecular formula is C23H35NO8. The molecule has 9 nitrogen and oxygen atoms in total. The van der Waals surface area contributed by atoms with Crippen molar-refractivity contribution < 1.29 is 38.4 Å². The molecule has 2 unspecified atom stereocenters. The van der Waals surface area contributed by atoms with Crippen LogP contribution in [0.15, 0.2) is 0 Å². The van der Waals surface area contributed by atoms with Crippen molar-refractivity contribution in [3.63, 3.8) is 0 Å². The standard InChI is InChI=1S/C8H11NO3.C6H8O2.C5H8O2.C4H8O/c1-5-3-7(11)9(8(5)12)4-6(2)10;1-4-2-5(7)3-6(4)8;1-4(6)3-5(2)7;1-3-4(2)5/h5H,3-4H2,1-2H3;4H,2-3H2,1H3;3H2,1-2H3;3H2,1-2H3. The van der Waals surface area contributed by atoms with E-state index in [0.717, 1.165) is 4.90 Å². The molecule has 0 aromatic carbocycles. The number of ketones is 6. The van der Waals surface area contributed by atoms with Crippen LogP contribution in [0, 0.1) is 11.8 Å². The van der Waals surface area contributed by atoms with E-state index in [1.807, 2.05) is 6.92 Å². The smallest absolute Gasteiger partial charge is 0.232 e. The molecule has 2 aliphatic rings. The van der Waals surface area contributed by atoms with Crippen molar-refractivity contribution in [3.8, 4) is 0 Å². The van der Waals surface area contributed by atoms with Crippen LogP contribution in [0.3, 0.4) is 0 Å². The average molecular weight is 454 g/mol. The molecular weight excluding hydrogens is 418 g/mol. The van der Waals surface area contributed by atoms with Crippen molar-refractivity contribution in [2.75, 3.05) is 6.54 Å². The first kappa shape index (κ1) is 31.3. The fraction of sp³-hybridized carbons (Fsp3) is 0.652. The second kappa shape index (κ2) is 15.9. The molecule has 1 heterocycles. The number of rotatable bonds is 5. The minimum atomic E-state index is -0.253. The van der Waals surface area contributed by atoms with Gasteiger partial charge in [-0.3, -0.25) is 38.5 Å². The van der Waals surface area contributed by atoms with Crippen LogP contribution < -0.4 is 0 Å². The summed E-state index contributed by atoms with van der Waals surface area (Å²) >= 11 is 0. The molecule has 2 fully saturated rings. The second-order valence-electron chi connectivity index (χ2n) is 8.05. The summed E-state index contributed by atoms with van der Waals surface area (Å²) in [4.78, 5) is 84.9. The predicted molar refractivity (Wildman–Crippen MR) is 117 cm³/mol. The molecule has 0 bridgehead atoms. The Morgan fingerprint density at radius 2 is 1.25 bits per heavy atom. The Balaban J connectivity index is 0. The van der Waals surface area contributed by atoms with Crippen molar-refractivity contribution in [2.45, 2.75) is 80.6 Å². The lowest BCUT2D eigenvalue weighted by Gasteiger charge is -2.10. The lowest BCUT2D eigenvalue weighted by molar-refractivity contribution is -0.142. The van der Waals surface area contributed by atoms with E-state index in [1.54, 1.807) is 20.8 Å². The van der Waals surface area contributed by atoms with Crippen LogP contribution in [-0.2, 0) is 38.4 Å². The number of hydrogen-bond acceptors (Lipinski definition) is 8. The first-order valence-electron chi connectivity index (χ1n) is 10.5. The normalized spacial score (nSPS) is 19.2. The number of imide groups is 1. The molecule has 0 spiro atoms. The molecule has 0 aromatic rings. The van der Waals surface area contributed by atoms with Gasteiger partial charge in [-0.05, 0) is 27.7 Å². The highest BCUT2D eigenvalue weighted by atomic mass is 16.2. The SMILES string of the molecule is CC(=O)CC(C)=O.CC(=O)CN1C(=O)CC(C)C1=O.CC1CC(=O)CC1=O.CCC(C)=O. The highest BCUT2D eigenvalue weighted by molar-refractivity contribution is 6.07. The first-order chi connectivity index (χ1) is 14.6. The average Bonchev–Trinajstić information content (AvgIpc) is 3.06. The molecule has 2 amide bonds. The van der Waals surface area contributed by atoms with Crippen LogP contribution >= 0.6 is 0 Å². The monoisotopic (exact) mass is 453 g/mol. The highest BCUT2D eigenvalue weighted by Gasteiger charge is 2.35. The van der Waals surface area contributed by atoms with E-state index >= 15 is 0 Å². The van der Waals surface area contributed by atoms with Gasteiger partial charge in [0.2, 0.25) is 11.8 Å². The van der Waals surface area contributed by atoms with Gasteiger partial charge in [0.15, 0.2) is 0 Å². The van der Waals surface area contributed by atoms with Crippen LogP contribution in [0.25, 0.3) is 0 Å². The van der Waals surface area contributed by atoms with Gasteiger partial charge in [-0.2, -0.15) is 0 Å². The Kier molecular flexibility index (Phi) is 15.6. The minimum absolute atomic E-state index is 0.00231. The Hall–Kier alpha value is -2.84. The molecule has 1 saturated heterocycles. The number of amides is 2. The van der Waals surface area contributed by atoms with E-state index in [-0.39, 0.29) is 84.2 Å². The maximum absolute atomic E-state index is 11.2. The third kappa shape index (κ3) is 15.0. The zero-order valence-corrected chi connectivity index (χ0v) is 20.1. The largest absolute Gasteiger partial charge is 0.300 e. The maximum Gasteiger partial charge on any atom is 0.232 e. The Labute approximate surface area is 189 Å². The van der Waals surface area contributed by atoms with E-state index < -0.39 is 0 Å². The van der Waals surface area contributed by atoms with Gasteiger partial charge in [-0.25, -0.2) is 0 Å². The summed E-state index contributed by atoms with van der Waals surface area (Å²) in [6.45, 7) is 11.0. The molecule has 0 aromatic heterocycles. The summed E-state index contributed by atoms with van der Waals surface area (Å²) in [5.74, 6) is -0.537. The number of carbonyl (C=O) groups excluding carboxylic acids is 8. The van der Waals surface area contributed by atoms with Gasteiger partial charge >= 0.3 is 0 Å². The predicted octanol–water partition coefficient (Wildman–Crippen LogP) is 2.06. The van der Waals surface area contributed by atoms with Crippen molar-refractivity contribution in [2.24, 2.45) is 11.8 Å². The van der Waals surface area contributed by atoms with Gasteiger partial charge in [0.1, 0.15) is 34.7 Å². The van der Waals surface area contributed by atoms with Crippen molar-refractivity contribution in [1.82, 2.24) is 4.90 Å². The van der Waals surface area contributed by atoms with E-state index in [9.17, 15) is 38.4 Å². The van der Waals surface area contributed by atoms with Crippen LogP contribution in [0.1, 0.15) is 80.6 Å². The number of hydrogen-bond donors (Lipinski definition) is 0. The summed E-state index contributed by atoms with van der Waals surface area (Å²) in [6.07, 6.45) is 1.64. The van der Waals surface area contributed by atoms with Crippen molar-refractivity contribution in [3.05, 3.63) is 0 Å². The number of nitrogens with zero attached hydrogens (tertiary/aromatic N) is 1. The molecule has 0 radical (unpaired) electrons. The van der Waals surface area contributed by atoms with Gasteiger partial charge in [0, 0.05) is 31.1 Å². The van der Waals surface area contributed by atoms with Crippen LogP contribution in [0.5, 0.6) is 0 Å². The van der Waals surface area contributed by atoms with E-state index in [0.29, 0.717) is 12.8 Å². The quantitative estimate of drug-likeness (QED) is 0.455. The maximum atomic E-state index is 11.2. The molecule has 0 N–H and O–H groups in total. The van der Waals surface area contributed by atoms with E-state index in [1.165, 1.54) is 20.8 Å². The fourth-order valence-corrected chi connectivity index (χ4v) is 2.48. The third-order valence-electron chi connectivity index (χ3n) is 4.30. The van der Waals surface area contributed by atoms with E-state index in [4.69, 9.17) is 0 Å². The minimum Gasteiger partial charge on any atom is -0.300 e. The summed E-state index contributed by atoms with van der Waals surface area (Å²) < 4.78 is 0. The lowest BCUT2D eigenvalue weighted by atomic mass is 10.1. The topological polar surface area (TPSA) is 140 Å². The summed E-state index contributed by atoms with van der Waals surface area (Å²) in [5, 5.41) is 0. The highest BCUT2D eigenvalue weighted by Crippen LogP contribution is 2.18. The number of likely N-dealkylation sites (tertiary alicyclic amines) is 1. The second-order valence-corrected chi connectivity index (χ2v) is 8.05.